The predicted molar refractivity (Wildman–Crippen MR) is 114 cm³/mol. The van der Waals surface area contributed by atoms with Crippen LogP contribution in [0.15, 0.2) is 47.5 Å². The summed E-state index contributed by atoms with van der Waals surface area (Å²) in [4.78, 5) is 6.71. The maximum Gasteiger partial charge on any atom is 0.193 e. The number of aryl methyl sites for hydroxylation is 1. The van der Waals surface area contributed by atoms with Crippen molar-refractivity contribution < 1.29 is 14.6 Å². The molecule has 0 aromatic heterocycles. The van der Waals surface area contributed by atoms with E-state index in [4.69, 9.17) is 9.47 Å². The van der Waals surface area contributed by atoms with Crippen molar-refractivity contribution in [1.29, 1.82) is 0 Å². The van der Waals surface area contributed by atoms with E-state index >= 15 is 0 Å². The molecule has 0 heterocycles. The van der Waals surface area contributed by atoms with Gasteiger partial charge in [-0.25, -0.2) is 0 Å². The van der Waals surface area contributed by atoms with Crippen molar-refractivity contribution in [3.05, 3.63) is 53.6 Å². The van der Waals surface area contributed by atoms with Gasteiger partial charge in [0.25, 0.3) is 0 Å². The molecule has 6 heteroatoms. The van der Waals surface area contributed by atoms with E-state index in [0.717, 1.165) is 23.8 Å². The molecule has 0 aliphatic heterocycles. The first-order valence-corrected chi connectivity index (χ1v) is 9.59. The zero-order valence-corrected chi connectivity index (χ0v) is 17.2. The molecule has 152 valence electrons. The number of phenolic OH excluding ortho intramolecular Hbond substituents is 1. The quantitative estimate of drug-likeness (QED) is 0.512. The molecule has 2 aromatic rings. The number of para-hydroxylation sites is 1. The number of benzene rings is 2. The molecule has 0 atom stereocenters. The van der Waals surface area contributed by atoms with Crippen LogP contribution < -0.4 is 14.8 Å². The molecule has 0 aliphatic carbocycles. The van der Waals surface area contributed by atoms with Crippen molar-refractivity contribution in [3.63, 3.8) is 0 Å². The van der Waals surface area contributed by atoms with Gasteiger partial charge in [0.2, 0.25) is 0 Å². The van der Waals surface area contributed by atoms with Crippen LogP contribution in [0.3, 0.4) is 0 Å². The first-order valence-electron chi connectivity index (χ1n) is 9.59. The molecule has 28 heavy (non-hydrogen) atoms. The summed E-state index contributed by atoms with van der Waals surface area (Å²) in [5.74, 6) is 2.36. The average Bonchev–Trinajstić information content (AvgIpc) is 2.70. The van der Waals surface area contributed by atoms with Gasteiger partial charge in [-0.15, -0.1) is 0 Å². The third kappa shape index (κ3) is 6.37. The fraction of sp³-hybridized carbons (Fsp3) is 0.409. The number of ether oxygens (including phenoxy) is 2. The Balaban J connectivity index is 1.88. The molecule has 0 fully saturated rings. The van der Waals surface area contributed by atoms with E-state index < -0.39 is 0 Å². The standard InChI is InChI=1S/C22H31N3O3/c1-5-23-22(24-14-13-18-7-6-8-20(27-4)21(18)26)25(3)15-16-28-19-11-9-17(2)10-12-19/h6-12,26H,5,13-16H2,1-4H3,(H,23,24). The summed E-state index contributed by atoms with van der Waals surface area (Å²) in [6.45, 7) is 6.73. The van der Waals surface area contributed by atoms with Gasteiger partial charge in [0.15, 0.2) is 17.5 Å². The second-order valence-electron chi connectivity index (χ2n) is 6.54. The maximum atomic E-state index is 10.2. The van der Waals surface area contributed by atoms with Crippen LogP contribution >= 0.6 is 0 Å². The Kier molecular flexibility index (Phi) is 8.46. The lowest BCUT2D eigenvalue weighted by Gasteiger charge is -2.22. The lowest BCUT2D eigenvalue weighted by atomic mass is 10.1. The molecular weight excluding hydrogens is 354 g/mol. The van der Waals surface area contributed by atoms with Gasteiger partial charge < -0.3 is 24.8 Å². The summed E-state index contributed by atoms with van der Waals surface area (Å²) in [6, 6.07) is 13.5. The highest BCUT2D eigenvalue weighted by molar-refractivity contribution is 5.79. The minimum atomic E-state index is 0.185. The first kappa shape index (κ1) is 21.4. The van der Waals surface area contributed by atoms with Crippen molar-refractivity contribution in [1.82, 2.24) is 10.2 Å². The SMILES string of the molecule is CCNC(=NCCc1cccc(OC)c1O)N(C)CCOc1ccc(C)cc1. The van der Waals surface area contributed by atoms with Gasteiger partial charge in [-0.3, -0.25) is 4.99 Å². The smallest absolute Gasteiger partial charge is 0.193 e. The van der Waals surface area contributed by atoms with Crippen LogP contribution in [-0.4, -0.2) is 56.4 Å². The highest BCUT2D eigenvalue weighted by atomic mass is 16.5. The van der Waals surface area contributed by atoms with Crippen molar-refractivity contribution in [2.45, 2.75) is 20.3 Å². The molecule has 0 bridgehead atoms. The largest absolute Gasteiger partial charge is 0.504 e. The lowest BCUT2D eigenvalue weighted by molar-refractivity contribution is 0.281. The van der Waals surface area contributed by atoms with Crippen LogP contribution in [0.1, 0.15) is 18.1 Å². The van der Waals surface area contributed by atoms with Crippen molar-refractivity contribution >= 4 is 5.96 Å². The zero-order valence-electron chi connectivity index (χ0n) is 17.2. The van der Waals surface area contributed by atoms with Crippen LogP contribution in [-0.2, 0) is 6.42 Å². The number of aromatic hydroxyl groups is 1. The molecule has 0 saturated heterocycles. The fourth-order valence-corrected chi connectivity index (χ4v) is 2.73. The van der Waals surface area contributed by atoms with E-state index in [2.05, 4.69) is 17.2 Å². The second-order valence-corrected chi connectivity index (χ2v) is 6.54. The van der Waals surface area contributed by atoms with Gasteiger partial charge in [0.1, 0.15) is 12.4 Å². The topological polar surface area (TPSA) is 66.3 Å². The summed E-state index contributed by atoms with van der Waals surface area (Å²) < 4.78 is 11.0. The van der Waals surface area contributed by atoms with E-state index in [1.165, 1.54) is 5.56 Å². The number of aliphatic imine (C=N–C) groups is 1. The molecule has 0 amide bonds. The lowest BCUT2D eigenvalue weighted by Crippen LogP contribution is -2.41. The molecule has 6 nitrogen and oxygen atoms in total. The Morgan fingerprint density at radius 1 is 1.18 bits per heavy atom. The molecule has 0 aliphatic rings. The monoisotopic (exact) mass is 385 g/mol. The highest BCUT2D eigenvalue weighted by Gasteiger charge is 2.08. The van der Waals surface area contributed by atoms with Gasteiger partial charge in [0.05, 0.1) is 13.7 Å². The number of methoxy groups -OCH3 is 1. The van der Waals surface area contributed by atoms with Gasteiger partial charge in [-0.2, -0.15) is 0 Å². The van der Waals surface area contributed by atoms with E-state index in [-0.39, 0.29) is 5.75 Å². The third-order valence-electron chi connectivity index (χ3n) is 4.36. The molecule has 2 aromatic carbocycles. The van der Waals surface area contributed by atoms with Gasteiger partial charge in [0, 0.05) is 20.1 Å². The van der Waals surface area contributed by atoms with E-state index in [9.17, 15) is 5.11 Å². The Bertz CT molecular complexity index is 760. The average molecular weight is 386 g/mol. The van der Waals surface area contributed by atoms with Crippen LogP contribution in [0.5, 0.6) is 17.2 Å². The molecular formula is C22H31N3O3. The minimum absolute atomic E-state index is 0.185. The van der Waals surface area contributed by atoms with Gasteiger partial charge >= 0.3 is 0 Å². The number of rotatable bonds is 9. The van der Waals surface area contributed by atoms with Crippen molar-refractivity contribution in [3.8, 4) is 17.2 Å². The molecule has 0 saturated carbocycles. The molecule has 0 radical (unpaired) electrons. The molecule has 0 spiro atoms. The highest BCUT2D eigenvalue weighted by Crippen LogP contribution is 2.29. The Morgan fingerprint density at radius 2 is 1.93 bits per heavy atom. The van der Waals surface area contributed by atoms with Crippen LogP contribution in [0, 0.1) is 6.92 Å². The van der Waals surface area contributed by atoms with Crippen LogP contribution in [0.25, 0.3) is 0 Å². The Morgan fingerprint density at radius 3 is 2.61 bits per heavy atom. The third-order valence-corrected chi connectivity index (χ3v) is 4.36. The van der Waals surface area contributed by atoms with Crippen molar-refractivity contribution in [2.75, 3.05) is 40.4 Å². The number of likely N-dealkylation sites (N-methyl/N-ethyl adjacent to an activating group) is 1. The second kappa shape index (κ2) is 11.1. The summed E-state index contributed by atoms with van der Waals surface area (Å²) >= 11 is 0. The fourth-order valence-electron chi connectivity index (χ4n) is 2.73. The van der Waals surface area contributed by atoms with Crippen LogP contribution in [0.2, 0.25) is 0 Å². The minimum Gasteiger partial charge on any atom is -0.504 e. The normalized spacial score (nSPS) is 11.2. The summed E-state index contributed by atoms with van der Waals surface area (Å²) in [5.41, 5.74) is 2.04. The summed E-state index contributed by atoms with van der Waals surface area (Å²) in [6.07, 6.45) is 0.631. The van der Waals surface area contributed by atoms with Crippen LogP contribution in [0.4, 0.5) is 0 Å². The molecule has 0 unspecified atom stereocenters. The Labute approximate surface area is 167 Å². The molecule has 2 rings (SSSR count). The predicted octanol–water partition coefficient (Wildman–Crippen LogP) is 3.23. The number of nitrogens with one attached hydrogen (secondary N) is 1. The Hall–Kier alpha value is -2.89. The zero-order chi connectivity index (χ0) is 20.4. The number of guanidine groups is 1. The van der Waals surface area contributed by atoms with Crippen molar-refractivity contribution in [2.24, 2.45) is 4.99 Å². The number of hydrogen-bond donors (Lipinski definition) is 2. The summed E-state index contributed by atoms with van der Waals surface area (Å²) in [5, 5.41) is 13.5. The molecule has 2 N–H and O–H groups in total. The van der Waals surface area contributed by atoms with Gasteiger partial charge in [-0.1, -0.05) is 29.8 Å². The summed E-state index contributed by atoms with van der Waals surface area (Å²) in [7, 11) is 3.54. The van der Waals surface area contributed by atoms with E-state index in [0.29, 0.717) is 31.9 Å². The number of nitrogens with zero attached hydrogens (tertiary/aromatic N) is 2. The van der Waals surface area contributed by atoms with E-state index in [1.807, 2.05) is 55.3 Å². The van der Waals surface area contributed by atoms with E-state index in [1.54, 1.807) is 13.2 Å². The van der Waals surface area contributed by atoms with Gasteiger partial charge in [-0.05, 0) is 44.0 Å². The maximum absolute atomic E-state index is 10.2. The number of phenols is 1. The number of hydrogen-bond acceptors (Lipinski definition) is 4. The first-order chi connectivity index (χ1) is 13.5.